The third kappa shape index (κ3) is 10.5. The Kier molecular flexibility index (Phi) is 11.6. The topological polar surface area (TPSA) is 96.8 Å². The highest BCUT2D eigenvalue weighted by molar-refractivity contribution is 5.90. The third-order valence-corrected chi connectivity index (χ3v) is 6.08. The van der Waals surface area contributed by atoms with Crippen molar-refractivity contribution in [2.75, 3.05) is 18.1 Å². The van der Waals surface area contributed by atoms with Gasteiger partial charge in [0.15, 0.2) is 0 Å². The van der Waals surface area contributed by atoms with Crippen LogP contribution in [0.5, 0.6) is 23.0 Å². The molecule has 3 aromatic carbocycles. The van der Waals surface area contributed by atoms with Crippen LogP contribution in [0, 0.1) is 0 Å². The number of rotatable bonds is 16. The molecule has 37 heavy (non-hydrogen) atoms. The molecule has 0 atom stereocenters. The van der Waals surface area contributed by atoms with Crippen molar-refractivity contribution in [2.45, 2.75) is 71.1 Å². The Morgan fingerprint density at radius 1 is 0.595 bits per heavy atom. The van der Waals surface area contributed by atoms with Crippen molar-refractivity contribution in [1.82, 2.24) is 0 Å². The first-order valence-corrected chi connectivity index (χ1v) is 13.4. The molecule has 0 fully saturated rings. The number of hydrogen-bond donors (Lipinski definition) is 2. The zero-order valence-electron chi connectivity index (χ0n) is 21.9. The van der Waals surface area contributed by atoms with E-state index in [0.717, 1.165) is 12.8 Å². The van der Waals surface area contributed by atoms with Crippen LogP contribution in [0.1, 0.15) is 81.5 Å². The molecular weight excluding hydrogens is 464 g/mol. The zero-order valence-corrected chi connectivity index (χ0v) is 21.9. The summed E-state index contributed by atoms with van der Waals surface area (Å²) in [6, 6.07) is 19.1. The van der Waals surface area contributed by atoms with Crippen molar-refractivity contribution in [3.8, 4) is 23.0 Å². The first kappa shape index (κ1) is 27.9. The van der Waals surface area contributed by atoms with E-state index >= 15 is 0 Å². The number of carbonyl (C=O) groups is 1. The van der Waals surface area contributed by atoms with E-state index in [0.29, 0.717) is 46.5 Å². The zero-order chi connectivity index (χ0) is 26.3. The highest BCUT2D eigenvalue weighted by Crippen LogP contribution is 2.31. The standard InChI is InChI=1S/C31H40N2O4/c1-2-3-4-5-6-7-8-9-10-11-20-35-31(34)24-21-29(36-27-16-12-25(32)13-17-27)23-30(22-24)37-28-18-14-26(33)15-19-28/h12-19,21-23H,2-11,20,32-33H2,1H3. The van der Waals surface area contributed by atoms with Gasteiger partial charge in [0.1, 0.15) is 23.0 Å². The van der Waals surface area contributed by atoms with E-state index in [9.17, 15) is 4.79 Å². The van der Waals surface area contributed by atoms with E-state index in [1.54, 1.807) is 66.7 Å². The number of esters is 1. The van der Waals surface area contributed by atoms with Gasteiger partial charge in [-0.3, -0.25) is 0 Å². The van der Waals surface area contributed by atoms with Crippen LogP contribution in [-0.4, -0.2) is 12.6 Å². The lowest BCUT2D eigenvalue weighted by Crippen LogP contribution is -2.07. The maximum absolute atomic E-state index is 12.8. The number of nitrogens with two attached hydrogens (primary N) is 2. The van der Waals surface area contributed by atoms with Gasteiger partial charge in [0.05, 0.1) is 12.2 Å². The Labute approximate surface area is 220 Å². The Morgan fingerprint density at radius 2 is 1.03 bits per heavy atom. The van der Waals surface area contributed by atoms with E-state index in [1.165, 1.54) is 51.4 Å². The molecule has 0 spiro atoms. The average Bonchev–Trinajstić information content (AvgIpc) is 2.90. The fourth-order valence-electron chi connectivity index (χ4n) is 3.99. The lowest BCUT2D eigenvalue weighted by atomic mass is 10.1. The summed E-state index contributed by atoms with van der Waals surface area (Å²) in [6.45, 7) is 2.64. The number of carbonyl (C=O) groups excluding carboxylic acids is 1. The molecule has 4 N–H and O–H groups in total. The molecule has 0 aliphatic rings. The van der Waals surface area contributed by atoms with Crippen LogP contribution < -0.4 is 20.9 Å². The highest BCUT2D eigenvalue weighted by Gasteiger charge is 2.13. The Bertz CT molecular complexity index is 1020. The monoisotopic (exact) mass is 504 g/mol. The second kappa shape index (κ2) is 15.4. The minimum absolute atomic E-state index is 0.366. The molecule has 0 saturated carbocycles. The summed E-state index contributed by atoms with van der Waals surface area (Å²) in [5, 5.41) is 0. The number of ether oxygens (including phenoxy) is 3. The summed E-state index contributed by atoms with van der Waals surface area (Å²) in [6.07, 6.45) is 12.3. The molecule has 0 heterocycles. The molecule has 0 bridgehead atoms. The molecule has 198 valence electrons. The van der Waals surface area contributed by atoms with Crippen molar-refractivity contribution in [3.05, 3.63) is 72.3 Å². The Morgan fingerprint density at radius 3 is 1.49 bits per heavy atom. The van der Waals surface area contributed by atoms with Crippen molar-refractivity contribution < 1.29 is 19.0 Å². The maximum atomic E-state index is 12.8. The van der Waals surface area contributed by atoms with Gasteiger partial charge in [-0.2, -0.15) is 0 Å². The summed E-state index contributed by atoms with van der Waals surface area (Å²) in [7, 11) is 0. The van der Waals surface area contributed by atoms with Crippen molar-refractivity contribution >= 4 is 17.3 Å². The molecule has 0 aliphatic heterocycles. The van der Waals surface area contributed by atoms with Crippen LogP contribution in [0.4, 0.5) is 11.4 Å². The number of anilines is 2. The van der Waals surface area contributed by atoms with Gasteiger partial charge in [-0.1, -0.05) is 64.7 Å². The molecule has 0 aliphatic carbocycles. The number of hydrogen-bond acceptors (Lipinski definition) is 6. The fraction of sp³-hybridized carbons (Fsp3) is 0.387. The van der Waals surface area contributed by atoms with E-state index in [1.807, 2.05) is 0 Å². The van der Waals surface area contributed by atoms with Gasteiger partial charge in [-0.25, -0.2) is 4.79 Å². The smallest absolute Gasteiger partial charge is 0.338 e. The highest BCUT2D eigenvalue weighted by atomic mass is 16.5. The molecule has 0 amide bonds. The van der Waals surface area contributed by atoms with Crippen molar-refractivity contribution in [3.63, 3.8) is 0 Å². The van der Waals surface area contributed by atoms with Crippen molar-refractivity contribution in [1.29, 1.82) is 0 Å². The van der Waals surface area contributed by atoms with Crippen LogP contribution in [0.15, 0.2) is 66.7 Å². The van der Waals surface area contributed by atoms with Gasteiger partial charge in [0.25, 0.3) is 0 Å². The van der Waals surface area contributed by atoms with E-state index in [2.05, 4.69) is 6.92 Å². The van der Waals surface area contributed by atoms with Crippen LogP contribution in [0.2, 0.25) is 0 Å². The first-order chi connectivity index (χ1) is 18.0. The summed E-state index contributed by atoms with van der Waals surface area (Å²) in [5.41, 5.74) is 13.2. The van der Waals surface area contributed by atoms with Gasteiger partial charge < -0.3 is 25.7 Å². The number of benzene rings is 3. The predicted molar refractivity (Wildman–Crippen MR) is 150 cm³/mol. The number of unbranched alkanes of at least 4 members (excludes halogenated alkanes) is 9. The summed E-state index contributed by atoms with van der Waals surface area (Å²) in [4.78, 5) is 12.8. The van der Waals surface area contributed by atoms with Crippen LogP contribution >= 0.6 is 0 Å². The fourth-order valence-corrected chi connectivity index (χ4v) is 3.99. The van der Waals surface area contributed by atoms with Crippen molar-refractivity contribution in [2.24, 2.45) is 0 Å². The minimum atomic E-state index is -0.402. The van der Waals surface area contributed by atoms with Crippen LogP contribution in [-0.2, 0) is 4.74 Å². The van der Waals surface area contributed by atoms with Gasteiger partial charge in [-0.15, -0.1) is 0 Å². The van der Waals surface area contributed by atoms with Crippen LogP contribution in [0.3, 0.4) is 0 Å². The Hall–Kier alpha value is -3.67. The van der Waals surface area contributed by atoms with Gasteiger partial charge in [-0.05, 0) is 67.1 Å². The lowest BCUT2D eigenvalue weighted by Gasteiger charge is -2.12. The lowest BCUT2D eigenvalue weighted by molar-refractivity contribution is 0.0497. The molecule has 6 heteroatoms. The van der Waals surface area contributed by atoms with Crippen LogP contribution in [0.25, 0.3) is 0 Å². The largest absolute Gasteiger partial charge is 0.462 e. The average molecular weight is 505 g/mol. The van der Waals surface area contributed by atoms with Gasteiger partial charge in [0, 0.05) is 17.4 Å². The molecule has 0 saturated heterocycles. The van der Waals surface area contributed by atoms with E-state index in [-0.39, 0.29) is 0 Å². The predicted octanol–water partition coefficient (Wildman–Crippen LogP) is 8.51. The second-order valence-electron chi connectivity index (χ2n) is 9.35. The third-order valence-electron chi connectivity index (χ3n) is 6.08. The summed E-state index contributed by atoms with van der Waals surface area (Å²) < 4.78 is 17.5. The molecule has 3 rings (SSSR count). The molecule has 0 aromatic heterocycles. The summed E-state index contributed by atoms with van der Waals surface area (Å²) in [5.74, 6) is 1.72. The van der Waals surface area contributed by atoms with E-state index in [4.69, 9.17) is 25.7 Å². The molecule has 0 unspecified atom stereocenters. The number of nitrogen functional groups attached to an aromatic ring is 2. The van der Waals surface area contributed by atoms with Gasteiger partial charge >= 0.3 is 5.97 Å². The molecule has 3 aromatic rings. The molecule has 0 radical (unpaired) electrons. The quantitative estimate of drug-likeness (QED) is 0.115. The maximum Gasteiger partial charge on any atom is 0.338 e. The normalized spacial score (nSPS) is 10.7. The second-order valence-corrected chi connectivity index (χ2v) is 9.35. The summed E-state index contributed by atoms with van der Waals surface area (Å²) >= 11 is 0. The van der Waals surface area contributed by atoms with Gasteiger partial charge in [0.2, 0.25) is 0 Å². The molecule has 6 nitrogen and oxygen atoms in total. The molecular formula is C31H40N2O4. The first-order valence-electron chi connectivity index (χ1n) is 13.4. The SMILES string of the molecule is CCCCCCCCCCCCOC(=O)c1cc(Oc2ccc(N)cc2)cc(Oc2ccc(N)cc2)c1. The van der Waals surface area contributed by atoms with E-state index < -0.39 is 5.97 Å². The Balaban J connectivity index is 1.54. The minimum Gasteiger partial charge on any atom is -0.462 e.